The van der Waals surface area contributed by atoms with Gasteiger partial charge in [-0.15, -0.1) is 0 Å². The smallest absolute Gasteiger partial charge is 0.251 e. The van der Waals surface area contributed by atoms with Gasteiger partial charge < -0.3 is 10.1 Å². The molecule has 0 aromatic heterocycles. The van der Waals surface area contributed by atoms with Crippen LogP contribution in [-0.4, -0.2) is 57.2 Å². The van der Waals surface area contributed by atoms with E-state index in [0.29, 0.717) is 38.4 Å². The molecule has 150 valence electrons. The van der Waals surface area contributed by atoms with Gasteiger partial charge in [-0.25, -0.2) is 8.42 Å². The van der Waals surface area contributed by atoms with Crippen LogP contribution in [0.5, 0.6) is 0 Å². The van der Waals surface area contributed by atoms with E-state index in [9.17, 15) is 13.2 Å². The van der Waals surface area contributed by atoms with Crippen LogP contribution < -0.4 is 5.32 Å². The molecule has 0 atom stereocenters. The second kappa shape index (κ2) is 10.1. The van der Waals surface area contributed by atoms with Gasteiger partial charge in [0.15, 0.2) is 0 Å². The van der Waals surface area contributed by atoms with Crippen LogP contribution in [0.15, 0.2) is 59.5 Å². The molecular weight excluding hydrogens is 396 g/mol. The maximum Gasteiger partial charge on any atom is 0.251 e. The summed E-state index contributed by atoms with van der Waals surface area (Å²) in [5, 5.41) is 2.86. The number of amides is 1. The molecule has 1 N–H and O–H groups in total. The third-order valence-electron chi connectivity index (χ3n) is 4.35. The first-order chi connectivity index (χ1) is 13.6. The van der Waals surface area contributed by atoms with Crippen LogP contribution in [0.2, 0.25) is 0 Å². The number of nitrogens with zero attached hydrogens (tertiary/aromatic N) is 1. The lowest BCUT2D eigenvalue weighted by atomic mass is 10.2. The normalized spacial score (nSPS) is 15.3. The molecule has 1 aliphatic heterocycles. The van der Waals surface area contributed by atoms with Crippen molar-refractivity contribution in [2.75, 3.05) is 38.6 Å². The van der Waals surface area contributed by atoms with Crippen LogP contribution in [0.25, 0.3) is 0 Å². The van der Waals surface area contributed by atoms with Gasteiger partial charge in [0.2, 0.25) is 10.0 Å². The first kappa shape index (κ1) is 20.9. The van der Waals surface area contributed by atoms with Crippen molar-refractivity contribution in [3.63, 3.8) is 0 Å². The molecule has 2 aromatic carbocycles. The van der Waals surface area contributed by atoms with Crippen molar-refractivity contribution >= 4 is 27.7 Å². The zero-order valence-corrected chi connectivity index (χ0v) is 17.2. The van der Waals surface area contributed by atoms with Crippen LogP contribution in [0.4, 0.5) is 0 Å². The van der Waals surface area contributed by atoms with Crippen molar-refractivity contribution in [2.24, 2.45) is 0 Å². The van der Waals surface area contributed by atoms with E-state index in [2.05, 4.69) is 17.4 Å². The molecule has 28 heavy (non-hydrogen) atoms. The summed E-state index contributed by atoms with van der Waals surface area (Å²) < 4.78 is 32.1. The summed E-state index contributed by atoms with van der Waals surface area (Å²) in [5.41, 5.74) is 1.60. The van der Waals surface area contributed by atoms with Crippen molar-refractivity contribution < 1.29 is 17.9 Å². The van der Waals surface area contributed by atoms with E-state index in [1.54, 1.807) is 23.9 Å². The fourth-order valence-electron chi connectivity index (χ4n) is 2.84. The third kappa shape index (κ3) is 5.57. The minimum Gasteiger partial charge on any atom is -0.379 e. The van der Waals surface area contributed by atoms with Crippen molar-refractivity contribution in [1.29, 1.82) is 0 Å². The Morgan fingerprint density at radius 3 is 2.57 bits per heavy atom. The van der Waals surface area contributed by atoms with Crippen molar-refractivity contribution in [1.82, 2.24) is 9.62 Å². The SMILES string of the molecule is O=C(NCCSCc1ccccc1)c1cccc(S(=O)(=O)N2CCOCC2)c1. The topological polar surface area (TPSA) is 75.7 Å². The molecule has 2 aromatic rings. The number of benzene rings is 2. The monoisotopic (exact) mass is 420 g/mol. The molecule has 0 aliphatic carbocycles. The summed E-state index contributed by atoms with van der Waals surface area (Å²) in [6, 6.07) is 16.4. The lowest BCUT2D eigenvalue weighted by Gasteiger charge is -2.26. The second-order valence-electron chi connectivity index (χ2n) is 6.34. The Morgan fingerprint density at radius 1 is 1.07 bits per heavy atom. The quantitative estimate of drug-likeness (QED) is 0.664. The number of nitrogens with one attached hydrogen (secondary N) is 1. The van der Waals surface area contributed by atoms with E-state index in [1.165, 1.54) is 22.0 Å². The van der Waals surface area contributed by atoms with Crippen molar-refractivity contribution in [3.8, 4) is 0 Å². The Bertz CT molecular complexity index is 882. The van der Waals surface area contributed by atoms with Gasteiger partial charge in [-0.1, -0.05) is 36.4 Å². The molecule has 0 bridgehead atoms. The highest BCUT2D eigenvalue weighted by molar-refractivity contribution is 7.98. The highest BCUT2D eigenvalue weighted by Crippen LogP contribution is 2.18. The summed E-state index contributed by atoms with van der Waals surface area (Å²) >= 11 is 1.74. The van der Waals surface area contributed by atoms with Gasteiger partial charge in [-0.3, -0.25) is 4.79 Å². The number of rotatable bonds is 8. The number of carbonyl (C=O) groups excluding carboxylic acids is 1. The Kier molecular flexibility index (Phi) is 7.50. The van der Waals surface area contributed by atoms with E-state index < -0.39 is 10.0 Å². The van der Waals surface area contributed by atoms with Gasteiger partial charge in [-0.05, 0) is 23.8 Å². The number of thioether (sulfide) groups is 1. The van der Waals surface area contributed by atoms with Crippen molar-refractivity contribution in [3.05, 3.63) is 65.7 Å². The Balaban J connectivity index is 1.52. The van der Waals surface area contributed by atoms with E-state index in [1.807, 2.05) is 18.2 Å². The Hall–Kier alpha value is -1.87. The highest BCUT2D eigenvalue weighted by atomic mass is 32.2. The average Bonchev–Trinajstić information content (AvgIpc) is 2.75. The fraction of sp³-hybridized carbons (Fsp3) is 0.350. The lowest BCUT2D eigenvalue weighted by Crippen LogP contribution is -2.40. The second-order valence-corrected chi connectivity index (χ2v) is 9.38. The molecule has 0 unspecified atom stereocenters. The molecular formula is C20H24N2O4S2. The van der Waals surface area contributed by atoms with Crippen LogP contribution in [-0.2, 0) is 20.5 Å². The largest absolute Gasteiger partial charge is 0.379 e. The fourth-order valence-corrected chi connectivity index (χ4v) is 5.11. The molecule has 1 aliphatic rings. The number of sulfonamides is 1. The zero-order valence-electron chi connectivity index (χ0n) is 15.5. The van der Waals surface area contributed by atoms with Gasteiger partial charge in [0.25, 0.3) is 5.91 Å². The predicted molar refractivity (Wildman–Crippen MR) is 111 cm³/mol. The van der Waals surface area contributed by atoms with Crippen LogP contribution >= 0.6 is 11.8 Å². The van der Waals surface area contributed by atoms with Gasteiger partial charge >= 0.3 is 0 Å². The number of carbonyl (C=O) groups is 1. The molecule has 1 amide bonds. The molecule has 1 fully saturated rings. The summed E-state index contributed by atoms with van der Waals surface area (Å²) in [6.07, 6.45) is 0. The van der Waals surface area contributed by atoms with Gasteiger partial charge in [-0.2, -0.15) is 16.1 Å². The van der Waals surface area contributed by atoms with E-state index in [4.69, 9.17) is 4.74 Å². The number of hydrogen-bond donors (Lipinski definition) is 1. The molecule has 0 spiro atoms. The molecule has 1 heterocycles. The summed E-state index contributed by atoms with van der Waals surface area (Å²) in [4.78, 5) is 12.5. The van der Waals surface area contributed by atoms with Crippen LogP contribution in [0.1, 0.15) is 15.9 Å². The summed E-state index contributed by atoms with van der Waals surface area (Å²) in [5.74, 6) is 1.41. The Labute approximate surface area is 170 Å². The Morgan fingerprint density at radius 2 is 1.82 bits per heavy atom. The van der Waals surface area contributed by atoms with Gasteiger partial charge in [0.1, 0.15) is 0 Å². The maximum absolute atomic E-state index is 12.7. The number of morpholine rings is 1. The van der Waals surface area contributed by atoms with Gasteiger partial charge in [0, 0.05) is 36.7 Å². The minimum atomic E-state index is -3.61. The molecule has 0 saturated carbocycles. The maximum atomic E-state index is 12.7. The van der Waals surface area contributed by atoms with E-state index in [-0.39, 0.29) is 10.8 Å². The molecule has 1 saturated heterocycles. The van der Waals surface area contributed by atoms with Crippen LogP contribution in [0, 0.1) is 0 Å². The average molecular weight is 421 g/mol. The van der Waals surface area contributed by atoms with Crippen molar-refractivity contribution in [2.45, 2.75) is 10.6 Å². The molecule has 3 rings (SSSR count). The molecule has 8 heteroatoms. The first-order valence-corrected chi connectivity index (χ1v) is 11.7. The first-order valence-electron chi connectivity index (χ1n) is 9.15. The highest BCUT2D eigenvalue weighted by Gasteiger charge is 2.26. The lowest BCUT2D eigenvalue weighted by molar-refractivity contribution is 0.0730. The zero-order chi connectivity index (χ0) is 19.8. The minimum absolute atomic E-state index is 0.139. The standard InChI is InChI=1S/C20H24N2O4S2/c23-20(21-9-14-27-16-17-5-2-1-3-6-17)18-7-4-8-19(15-18)28(24,25)22-10-12-26-13-11-22/h1-8,15H,9-14,16H2,(H,21,23). The van der Waals surface area contributed by atoms with E-state index >= 15 is 0 Å². The summed E-state index contributed by atoms with van der Waals surface area (Å²) in [7, 11) is -3.61. The van der Waals surface area contributed by atoms with Crippen LogP contribution in [0.3, 0.4) is 0 Å². The van der Waals surface area contributed by atoms with Gasteiger partial charge in [0.05, 0.1) is 18.1 Å². The predicted octanol–water partition coefficient (Wildman–Crippen LogP) is 2.37. The molecule has 0 radical (unpaired) electrons. The third-order valence-corrected chi connectivity index (χ3v) is 7.27. The summed E-state index contributed by atoms with van der Waals surface area (Å²) in [6.45, 7) is 1.96. The molecule has 6 nitrogen and oxygen atoms in total. The number of hydrogen-bond acceptors (Lipinski definition) is 5. The number of ether oxygens (including phenoxy) is 1. The van der Waals surface area contributed by atoms with E-state index in [0.717, 1.165) is 11.5 Å².